The van der Waals surface area contributed by atoms with E-state index in [2.05, 4.69) is 5.32 Å². The number of nitrogens with zero attached hydrogens (tertiary/aromatic N) is 2. The number of nitro groups is 1. The average Bonchev–Trinajstić information content (AvgIpc) is 2.72. The van der Waals surface area contributed by atoms with Crippen LogP contribution in [-0.4, -0.2) is 36.6 Å². The van der Waals surface area contributed by atoms with Crippen LogP contribution in [-0.2, 0) is 14.3 Å². The Kier molecular flexibility index (Phi) is 7.50. The quantitative estimate of drug-likeness (QED) is 0.385. The first-order valence-electron chi connectivity index (χ1n) is 8.42. The Morgan fingerprint density at radius 3 is 2.34 bits per heavy atom. The SMILES string of the molecule is CCOc1ccc(OCC(=O)OCC(=O)Nc2ccc([N+](=O)[O-])cc2C#N)cc1. The van der Waals surface area contributed by atoms with Crippen LogP contribution in [0.5, 0.6) is 11.5 Å². The van der Waals surface area contributed by atoms with Gasteiger partial charge >= 0.3 is 5.97 Å². The topological polar surface area (TPSA) is 141 Å². The van der Waals surface area contributed by atoms with E-state index in [1.807, 2.05) is 6.92 Å². The number of nitriles is 1. The number of carbonyl (C=O) groups is 2. The molecule has 0 aliphatic heterocycles. The molecule has 0 radical (unpaired) electrons. The lowest BCUT2D eigenvalue weighted by molar-refractivity contribution is -0.384. The number of ether oxygens (including phenoxy) is 3. The Morgan fingerprint density at radius 2 is 1.76 bits per heavy atom. The molecule has 0 fully saturated rings. The first kappa shape index (κ1) is 21.2. The molecular weight excluding hydrogens is 382 g/mol. The lowest BCUT2D eigenvalue weighted by atomic mass is 10.1. The van der Waals surface area contributed by atoms with Gasteiger partial charge in [-0.3, -0.25) is 14.9 Å². The van der Waals surface area contributed by atoms with E-state index in [9.17, 15) is 19.7 Å². The molecule has 0 spiro atoms. The molecule has 0 heterocycles. The molecular formula is C19H17N3O7. The fourth-order valence-electron chi connectivity index (χ4n) is 2.16. The summed E-state index contributed by atoms with van der Waals surface area (Å²) in [5, 5.41) is 22.1. The summed E-state index contributed by atoms with van der Waals surface area (Å²) in [6.45, 7) is 1.39. The van der Waals surface area contributed by atoms with Crippen molar-refractivity contribution in [1.29, 1.82) is 5.26 Å². The Balaban J connectivity index is 1.80. The van der Waals surface area contributed by atoms with Gasteiger partial charge in [0.2, 0.25) is 0 Å². The summed E-state index contributed by atoms with van der Waals surface area (Å²) in [6.07, 6.45) is 0. The maximum atomic E-state index is 11.9. The first-order valence-corrected chi connectivity index (χ1v) is 8.42. The predicted octanol–water partition coefficient (Wildman–Crippen LogP) is 2.43. The molecule has 2 aromatic rings. The van der Waals surface area contributed by atoms with E-state index in [1.165, 1.54) is 6.07 Å². The Hall–Kier alpha value is -4.13. The van der Waals surface area contributed by atoms with Gasteiger partial charge in [-0.05, 0) is 37.3 Å². The van der Waals surface area contributed by atoms with Gasteiger partial charge in [-0.1, -0.05) is 0 Å². The van der Waals surface area contributed by atoms with Crippen LogP contribution in [0.1, 0.15) is 12.5 Å². The monoisotopic (exact) mass is 399 g/mol. The largest absolute Gasteiger partial charge is 0.494 e. The molecule has 10 nitrogen and oxygen atoms in total. The van der Waals surface area contributed by atoms with Crippen molar-refractivity contribution in [2.24, 2.45) is 0 Å². The molecule has 150 valence electrons. The number of anilines is 1. The van der Waals surface area contributed by atoms with E-state index in [0.29, 0.717) is 18.1 Å². The number of non-ortho nitro benzene ring substituents is 1. The number of nitro benzene ring substituents is 1. The highest BCUT2D eigenvalue weighted by molar-refractivity contribution is 5.94. The lowest BCUT2D eigenvalue weighted by Gasteiger charge is -2.09. The zero-order chi connectivity index (χ0) is 21.2. The molecule has 2 aromatic carbocycles. The summed E-state index contributed by atoms with van der Waals surface area (Å²) in [5.74, 6) is -0.371. The van der Waals surface area contributed by atoms with Gasteiger partial charge in [-0.25, -0.2) is 4.79 Å². The number of carbonyl (C=O) groups excluding carboxylic acids is 2. The molecule has 0 saturated heterocycles. The fraction of sp³-hybridized carbons (Fsp3) is 0.211. The van der Waals surface area contributed by atoms with E-state index < -0.39 is 30.0 Å². The molecule has 0 aliphatic carbocycles. The van der Waals surface area contributed by atoms with Gasteiger partial charge in [0.1, 0.15) is 17.6 Å². The van der Waals surface area contributed by atoms with Crippen molar-refractivity contribution in [3.05, 3.63) is 58.1 Å². The van der Waals surface area contributed by atoms with Crippen LogP contribution in [0.3, 0.4) is 0 Å². The molecule has 1 amide bonds. The number of esters is 1. The smallest absolute Gasteiger partial charge is 0.344 e. The van der Waals surface area contributed by atoms with E-state index in [0.717, 1.165) is 12.1 Å². The van der Waals surface area contributed by atoms with Crippen LogP contribution >= 0.6 is 0 Å². The molecule has 0 saturated carbocycles. The molecule has 0 bridgehead atoms. The average molecular weight is 399 g/mol. The molecule has 0 aromatic heterocycles. The highest BCUT2D eigenvalue weighted by atomic mass is 16.6. The highest BCUT2D eigenvalue weighted by Gasteiger charge is 2.14. The first-order chi connectivity index (χ1) is 13.9. The van der Waals surface area contributed by atoms with Crippen molar-refractivity contribution in [2.75, 3.05) is 25.1 Å². The number of hydrogen-bond acceptors (Lipinski definition) is 8. The highest BCUT2D eigenvalue weighted by Crippen LogP contribution is 2.21. The second kappa shape index (κ2) is 10.3. The van der Waals surface area contributed by atoms with Crippen LogP contribution in [0.15, 0.2) is 42.5 Å². The number of rotatable bonds is 9. The van der Waals surface area contributed by atoms with Crippen LogP contribution in [0.4, 0.5) is 11.4 Å². The van der Waals surface area contributed by atoms with Crippen LogP contribution < -0.4 is 14.8 Å². The van der Waals surface area contributed by atoms with Gasteiger partial charge in [0.05, 0.1) is 22.8 Å². The van der Waals surface area contributed by atoms with E-state index in [4.69, 9.17) is 19.5 Å². The third-order valence-electron chi connectivity index (χ3n) is 3.46. The van der Waals surface area contributed by atoms with Gasteiger partial charge in [0.15, 0.2) is 13.2 Å². The Bertz CT molecular complexity index is 936. The zero-order valence-electron chi connectivity index (χ0n) is 15.4. The predicted molar refractivity (Wildman–Crippen MR) is 101 cm³/mol. The normalized spacial score (nSPS) is 9.79. The van der Waals surface area contributed by atoms with Crippen molar-refractivity contribution in [2.45, 2.75) is 6.92 Å². The number of benzene rings is 2. The van der Waals surface area contributed by atoms with E-state index in [1.54, 1.807) is 30.3 Å². The van der Waals surface area contributed by atoms with Crippen LogP contribution in [0.25, 0.3) is 0 Å². The molecule has 29 heavy (non-hydrogen) atoms. The number of amides is 1. The maximum absolute atomic E-state index is 11.9. The molecule has 0 unspecified atom stereocenters. The maximum Gasteiger partial charge on any atom is 0.344 e. The summed E-state index contributed by atoms with van der Waals surface area (Å²) in [5.41, 5.74) is -0.292. The number of hydrogen-bond donors (Lipinski definition) is 1. The van der Waals surface area contributed by atoms with Crippen LogP contribution in [0.2, 0.25) is 0 Å². The zero-order valence-corrected chi connectivity index (χ0v) is 15.4. The van der Waals surface area contributed by atoms with Crippen molar-refractivity contribution in [1.82, 2.24) is 0 Å². The minimum Gasteiger partial charge on any atom is -0.494 e. The van der Waals surface area contributed by atoms with Gasteiger partial charge < -0.3 is 19.5 Å². The van der Waals surface area contributed by atoms with Crippen molar-refractivity contribution in [3.8, 4) is 17.6 Å². The van der Waals surface area contributed by atoms with Crippen molar-refractivity contribution in [3.63, 3.8) is 0 Å². The standard InChI is InChI=1S/C19H17N3O7/c1-2-27-15-4-6-16(7-5-15)28-12-19(24)29-11-18(23)21-17-8-3-14(22(25)26)9-13(17)10-20/h3-9H,2,11-12H2,1H3,(H,21,23). The molecule has 1 N–H and O–H groups in total. The Labute approximate surface area is 165 Å². The van der Waals surface area contributed by atoms with E-state index in [-0.39, 0.29) is 16.9 Å². The second-order valence-electron chi connectivity index (χ2n) is 5.50. The second-order valence-corrected chi connectivity index (χ2v) is 5.50. The summed E-state index contributed by atoms with van der Waals surface area (Å²) < 4.78 is 15.3. The van der Waals surface area contributed by atoms with Gasteiger partial charge in [-0.2, -0.15) is 5.26 Å². The third kappa shape index (κ3) is 6.51. The summed E-state index contributed by atoms with van der Waals surface area (Å²) in [7, 11) is 0. The molecule has 0 atom stereocenters. The van der Waals surface area contributed by atoms with Crippen molar-refractivity contribution < 1.29 is 28.7 Å². The van der Waals surface area contributed by atoms with Gasteiger partial charge in [0, 0.05) is 12.1 Å². The molecule has 10 heteroatoms. The fourth-order valence-corrected chi connectivity index (χ4v) is 2.16. The summed E-state index contributed by atoms with van der Waals surface area (Å²) in [6, 6.07) is 11.8. The molecule has 0 aliphatic rings. The Morgan fingerprint density at radius 1 is 1.10 bits per heavy atom. The third-order valence-corrected chi connectivity index (χ3v) is 3.46. The minimum atomic E-state index is -0.766. The summed E-state index contributed by atoms with van der Waals surface area (Å²) >= 11 is 0. The van der Waals surface area contributed by atoms with Gasteiger partial charge in [-0.15, -0.1) is 0 Å². The van der Waals surface area contributed by atoms with Crippen molar-refractivity contribution >= 4 is 23.3 Å². The van der Waals surface area contributed by atoms with Gasteiger partial charge in [0.25, 0.3) is 11.6 Å². The summed E-state index contributed by atoms with van der Waals surface area (Å²) in [4.78, 5) is 33.7. The van der Waals surface area contributed by atoms with Crippen LogP contribution in [0, 0.1) is 21.4 Å². The van der Waals surface area contributed by atoms with E-state index >= 15 is 0 Å². The molecule has 2 rings (SSSR count). The number of nitrogens with one attached hydrogen (secondary N) is 1. The minimum absolute atomic E-state index is 0.0739. The lowest BCUT2D eigenvalue weighted by Crippen LogP contribution is -2.24.